The minimum Gasteiger partial charge on any atom is -0.507 e. The van der Waals surface area contributed by atoms with Gasteiger partial charge in [0.2, 0.25) is 0 Å². The van der Waals surface area contributed by atoms with Gasteiger partial charge in [-0.2, -0.15) is 0 Å². The van der Waals surface area contributed by atoms with E-state index in [4.69, 9.17) is 16.3 Å². The maximum absolute atomic E-state index is 12.5. The van der Waals surface area contributed by atoms with Gasteiger partial charge in [-0.25, -0.2) is 4.79 Å². The molecule has 0 saturated heterocycles. The third-order valence-electron chi connectivity index (χ3n) is 3.85. The lowest BCUT2D eigenvalue weighted by Gasteiger charge is -2.21. The number of halogens is 1. The molecule has 0 bridgehead atoms. The third kappa shape index (κ3) is 4.63. The molecule has 140 valence electrons. The summed E-state index contributed by atoms with van der Waals surface area (Å²) in [6.07, 6.45) is 1.64. The van der Waals surface area contributed by atoms with E-state index in [1.165, 1.54) is 31.2 Å². The predicted octanol–water partition coefficient (Wildman–Crippen LogP) is 1.65. The number of phenolic OH excluding ortho intramolecular Hbond substituents is 2. The van der Waals surface area contributed by atoms with Crippen LogP contribution in [0.5, 0.6) is 11.5 Å². The van der Waals surface area contributed by atoms with Crippen LogP contribution in [0.15, 0.2) is 30.4 Å². The van der Waals surface area contributed by atoms with Crippen molar-refractivity contribution in [2.75, 3.05) is 0 Å². The van der Waals surface area contributed by atoms with Crippen molar-refractivity contribution >= 4 is 23.4 Å². The Hall–Kier alpha value is -2.35. The number of rotatable bonds is 0. The Bertz CT molecular complexity index is 769. The number of benzene rings is 1. The fourth-order valence-electron chi connectivity index (χ4n) is 2.55. The molecule has 1 aliphatic rings. The van der Waals surface area contributed by atoms with E-state index in [0.717, 1.165) is 6.07 Å². The molecule has 1 heterocycles. The Labute approximate surface area is 154 Å². The number of allylic oxidation sites excluding steroid dienone is 3. The number of hydrogen-bond acceptors (Lipinski definition) is 7. The van der Waals surface area contributed by atoms with Crippen LogP contribution in [0.4, 0.5) is 0 Å². The summed E-state index contributed by atoms with van der Waals surface area (Å²) >= 11 is 6.01. The fourth-order valence-corrected chi connectivity index (χ4v) is 2.77. The number of ether oxygens (including phenoxy) is 1. The second-order valence-electron chi connectivity index (χ2n) is 5.98. The number of aromatic hydroxyl groups is 2. The minimum atomic E-state index is -1.20. The number of esters is 1. The van der Waals surface area contributed by atoms with E-state index in [1.807, 2.05) is 0 Å². The van der Waals surface area contributed by atoms with Crippen molar-refractivity contribution in [1.29, 1.82) is 0 Å². The number of fused-ring (bicyclic) bond motifs is 1. The van der Waals surface area contributed by atoms with Gasteiger partial charge < -0.3 is 25.2 Å². The van der Waals surface area contributed by atoms with Crippen LogP contribution in [0.25, 0.3) is 0 Å². The van der Waals surface area contributed by atoms with Gasteiger partial charge in [0.05, 0.1) is 17.2 Å². The monoisotopic (exact) mass is 382 g/mol. The summed E-state index contributed by atoms with van der Waals surface area (Å²) < 4.78 is 5.19. The summed E-state index contributed by atoms with van der Waals surface area (Å²) in [6.45, 7) is 1.51. The van der Waals surface area contributed by atoms with Crippen molar-refractivity contribution < 1.29 is 34.8 Å². The lowest BCUT2D eigenvalue weighted by molar-refractivity contribution is -0.114. The molecule has 3 atom stereocenters. The smallest absolute Gasteiger partial charge is 0.342 e. The minimum absolute atomic E-state index is 0.0538. The summed E-state index contributed by atoms with van der Waals surface area (Å²) in [5, 5.41) is 39.4. The van der Waals surface area contributed by atoms with Crippen molar-refractivity contribution in [2.24, 2.45) is 0 Å². The van der Waals surface area contributed by atoms with Crippen molar-refractivity contribution in [1.82, 2.24) is 0 Å². The van der Waals surface area contributed by atoms with Gasteiger partial charge in [0.25, 0.3) is 0 Å². The van der Waals surface area contributed by atoms with E-state index >= 15 is 0 Å². The van der Waals surface area contributed by atoms with E-state index in [2.05, 4.69) is 0 Å². The lowest BCUT2D eigenvalue weighted by atomic mass is 9.99. The topological polar surface area (TPSA) is 124 Å². The van der Waals surface area contributed by atoms with Crippen LogP contribution in [-0.4, -0.2) is 50.5 Å². The molecule has 1 aromatic rings. The molecule has 0 saturated carbocycles. The van der Waals surface area contributed by atoms with E-state index in [9.17, 15) is 30.0 Å². The molecule has 2 rings (SSSR count). The number of cyclic esters (lactones) is 1. The first-order chi connectivity index (χ1) is 12.2. The lowest BCUT2D eigenvalue weighted by Crippen LogP contribution is -2.30. The second-order valence-corrected chi connectivity index (χ2v) is 6.36. The zero-order chi connectivity index (χ0) is 19.4. The number of carbonyl (C=O) groups is 2. The van der Waals surface area contributed by atoms with Gasteiger partial charge in [-0.3, -0.25) is 4.79 Å². The van der Waals surface area contributed by atoms with Crippen molar-refractivity contribution in [3.05, 3.63) is 46.5 Å². The SMILES string of the molecule is C[C@@H]1C[C@@H](O)[C@H](O)C=CC=CC(=O)Cc2c(Cl)c(O)cc(O)c2C(=O)O1. The highest BCUT2D eigenvalue weighted by molar-refractivity contribution is 6.33. The molecule has 0 fully saturated rings. The molecule has 4 N–H and O–H groups in total. The Morgan fingerprint density at radius 1 is 1.15 bits per heavy atom. The molecule has 1 aliphatic heterocycles. The van der Waals surface area contributed by atoms with Gasteiger partial charge in [-0.15, -0.1) is 0 Å². The average molecular weight is 383 g/mol. The van der Waals surface area contributed by atoms with Gasteiger partial charge >= 0.3 is 5.97 Å². The van der Waals surface area contributed by atoms with Crippen LogP contribution in [0, 0.1) is 0 Å². The highest BCUT2D eigenvalue weighted by atomic mass is 35.5. The number of phenols is 2. The summed E-state index contributed by atoms with van der Waals surface area (Å²) in [5.74, 6) is -2.47. The van der Waals surface area contributed by atoms with Gasteiger partial charge in [-0.05, 0) is 13.0 Å². The first kappa shape index (κ1) is 20.0. The number of aliphatic hydroxyl groups is 2. The van der Waals surface area contributed by atoms with Crippen molar-refractivity contribution in [3.8, 4) is 11.5 Å². The Kier molecular flexibility index (Phi) is 6.42. The standard InChI is InChI=1S/C18H19ClO7/c1-9-6-13(22)12(21)5-3-2-4-10(20)7-11-16(18(25)26-9)14(23)8-15(24)17(11)19/h2-5,8-9,12-13,21-24H,6-7H2,1H3/t9-,12-,13-/m1/s1. The number of aliphatic hydroxyl groups excluding tert-OH is 2. The van der Waals surface area contributed by atoms with Crippen molar-refractivity contribution in [2.45, 2.75) is 38.1 Å². The van der Waals surface area contributed by atoms with Crippen molar-refractivity contribution in [3.63, 3.8) is 0 Å². The van der Waals surface area contributed by atoms with Crippen LogP contribution < -0.4 is 0 Å². The van der Waals surface area contributed by atoms with Crippen LogP contribution in [0.1, 0.15) is 29.3 Å². The quantitative estimate of drug-likeness (QED) is 0.503. The van der Waals surface area contributed by atoms with Crippen LogP contribution >= 0.6 is 11.6 Å². The molecule has 0 amide bonds. The summed E-state index contributed by atoms with van der Waals surface area (Å²) in [7, 11) is 0. The number of carbonyl (C=O) groups excluding carboxylic acids is 2. The normalized spacial score (nSPS) is 24.7. The van der Waals surface area contributed by atoms with E-state index < -0.39 is 41.6 Å². The molecule has 1 aromatic carbocycles. The molecule has 0 spiro atoms. The molecule has 7 nitrogen and oxygen atoms in total. The van der Waals surface area contributed by atoms with Gasteiger partial charge in [-0.1, -0.05) is 29.8 Å². The molecule has 0 radical (unpaired) electrons. The Balaban J connectivity index is 2.51. The number of hydrogen-bond donors (Lipinski definition) is 4. The van der Waals surface area contributed by atoms with Gasteiger partial charge in [0, 0.05) is 24.5 Å². The first-order valence-electron chi connectivity index (χ1n) is 7.88. The van der Waals surface area contributed by atoms with Crippen LogP contribution in [-0.2, 0) is 16.0 Å². The molecule has 0 unspecified atom stereocenters. The van der Waals surface area contributed by atoms with Crippen LogP contribution in [0.3, 0.4) is 0 Å². The molecule has 0 aromatic heterocycles. The average Bonchev–Trinajstić information content (AvgIpc) is 2.54. The molecular weight excluding hydrogens is 364 g/mol. The number of ketones is 1. The van der Waals surface area contributed by atoms with Gasteiger partial charge in [0.15, 0.2) is 5.78 Å². The highest BCUT2D eigenvalue weighted by Gasteiger charge is 2.27. The Morgan fingerprint density at radius 3 is 2.54 bits per heavy atom. The maximum Gasteiger partial charge on any atom is 0.342 e. The maximum atomic E-state index is 12.5. The fraction of sp³-hybridized carbons (Fsp3) is 0.333. The summed E-state index contributed by atoms with van der Waals surface area (Å²) in [4.78, 5) is 24.6. The second kappa shape index (κ2) is 8.35. The molecule has 0 aliphatic carbocycles. The predicted molar refractivity (Wildman–Crippen MR) is 93.3 cm³/mol. The highest BCUT2D eigenvalue weighted by Crippen LogP contribution is 2.37. The van der Waals surface area contributed by atoms with E-state index in [0.29, 0.717) is 0 Å². The molecular formula is C18H19ClO7. The Morgan fingerprint density at radius 2 is 1.85 bits per heavy atom. The molecule has 8 heteroatoms. The molecule has 26 heavy (non-hydrogen) atoms. The summed E-state index contributed by atoms with van der Waals surface area (Å²) in [5.41, 5.74) is -0.387. The third-order valence-corrected chi connectivity index (χ3v) is 4.28. The zero-order valence-corrected chi connectivity index (χ0v) is 14.7. The van der Waals surface area contributed by atoms with Crippen LogP contribution in [0.2, 0.25) is 5.02 Å². The first-order valence-corrected chi connectivity index (χ1v) is 8.26. The summed E-state index contributed by atoms with van der Waals surface area (Å²) in [6, 6.07) is 0.887. The van der Waals surface area contributed by atoms with E-state index in [-0.39, 0.29) is 29.0 Å². The zero-order valence-electron chi connectivity index (χ0n) is 13.9. The van der Waals surface area contributed by atoms with Gasteiger partial charge in [0.1, 0.15) is 23.2 Å². The van der Waals surface area contributed by atoms with E-state index in [1.54, 1.807) is 0 Å². The largest absolute Gasteiger partial charge is 0.507 e.